The summed E-state index contributed by atoms with van der Waals surface area (Å²) < 4.78 is 0. The van der Waals surface area contributed by atoms with E-state index in [0.717, 1.165) is 6.42 Å². The SMILES string of the molecule is NC1(C(=O)NO)CCC1. The predicted molar refractivity (Wildman–Crippen MR) is 30.7 cm³/mol. The minimum Gasteiger partial charge on any atom is -0.317 e. The van der Waals surface area contributed by atoms with Crippen molar-refractivity contribution in [1.29, 1.82) is 0 Å². The van der Waals surface area contributed by atoms with Gasteiger partial charge in [0.2, 0.25) is 0 Å². The quantitative estimate of drug-likeness (QED) is 0.327. The Morgan fingerprint density at radius 3 is 2.33 bits per heavy atom. The van der Waals surface area contributed by atoms with Gasteiger partial charge in [-0.1, -0.05) is 0 Å². The third kappa shape index (κ3) is 0.906. The molecule has 52 valence electrons. The highest BCUT2D eigenvalue weighted by Gasteiger charge is 2.39. The van der Waals surface area contributed by atoms with Crippen molar-refractivity contribution in [3.63, 3.8) is 0 Å². The van der Waals surface area contributed by atoms with Crippen LogP contribution in [0.4, 0.5) is 0 Å². The van der Waals surface area contributed by atoms with Gasteiger partial charge in [0.1, 0.15) is 0 Å². The van der Waals surface area contributed by atoms with Crippen LogP contribution in [0.15, 0.2) is 0 Å². The van der Waals surface area contributed by atoms with E-state index in [4.69, 9.17) is 10.9 Å². The summed E-state index contributed by atoms with van der Waals surface area (Å²) in [6.45, 7) is 0. The minimum atomic E-state index is -0.769. The van der Waals surface area contributed by atoms with E-state index >= 15 is 0 Å². The smallest absolute Gasteiger partial charge is 0.263 e. The van der Waals surface area contributed by atoms with Crippen molar-refractivity contribution >= 4 is 5.91 Å². The molecule has 1 rings (SSSR count). The Morgan fingerprint density at radius 2 is 2.22 bits per heavy atom. The van der Waals surface area contributed by atoms with E-state index < -0.39 is 11.4 Å². The Hall–Kier alpha value is -0.610. The molecule has 0 radical (unpaired) electrons. The maximum Gasteiger partial charge on any atom is 0.263 e. The van der Waals surface area contributed by atoms with E-state index in [1.807, 2.05) is 0 Å². The Balaban J connectivity index is 2.49. The first kappa shape index (κ1) is 6.51. The zero-order chi connectivity index (χ0) is 6.91. The normalized spacial score (nSPS) is 22.4. The summed E-state index contributed by atoms with van der Waals surface area (Å²) in [5.41, 5.74) is 6.26. The lowest BCUT2D eigenvalue weighted by atomic mass is 9.77. The van der Waals surface area contributed by atoms with Crippen LogP contribution in [0.25, 0.3) is 0 Å². The van der Waals surface area contributed by atoms with Gasteiger partial charge < -0.3 is 5.73 Å². The first-order valence-electron chi connectivity index (χ1n) is 2.92. The number of nitrogens with one attached hydrogen (secondary N) is 1. The molecule has 1 saturated carbocycles. The summed E-state index contributed by atoms with van der Waals surface area (Å²) in [6, 6.07) is 0. The number of carbonyl (C=O) groups excluding carboxylic acids is 1. The average molecular weight is 130 g/mol. The highest BCUT2D eigenvalue weighted by atomic mass is 16.5. The summed E-state index contributed by atoms with van der Waals surface area (Å²) in [4.78, 5) is 10.6. The van der Waals surface area contributed by atoms with E-state index in [1.165, 1.54) is 0 Å². The number of nitrogens with two attached hydrogens (primary N) is 1. The standard InChI is InChI=1S/C5H10N2O2/c6-5(2-1-3-5)4(8)7-9/h9H,1-3,6H2,(H,7,8). The minimum absolute atomic E-state index is 0.464. The molecular formula is C5H10N2O2. The van der Waals surface area contributed by atoms with Crippen LogP contribution in [-0.4, -0.2) is 16.7 Å². The van der Waals surface area contributed by atoms with Crippen LogP contribution in [0.5, 0.6) is 0 Å². The van der Waals surface area contributed by atoms with Crippen molar-refractivity contribution in [1.82, 2.24) is 5.48 Å². The summed E-state index contributed by atoms with van der Waals surface area (Å²) in [6.07, 6.45) is 2.34. The molecule has 0 spiro atoms. The molecule has 4 N–H and O–H groups in total. The first-order valence-corrected chi connectivity index (χ1v) is 2.92. The Bertz CT molecular complexity index is 131. The molecule has 1 fully saturated rings. The van der Waals surface area contributed by atoms with Crippen molar-refractivity contribution < 1.29 is 10.0 Å². The third-order valence-electron chi connectivity index (χ3n) is 1.80. The molecule has 0 aromatic heterocycles. The van der Waals surface area contributed by atoms with Crippen LogP contribution in [0, 0.1) is 0 Å². The zero-order valence-corrected chi connectivity index (χ0v) is 5.05. The van der Waals surface area contributed by atoms with Gasteiger partial charge in [-0.3, -0.25) is 10.0 Å². The fraction of sp³-hybridized carbons (Fsp3) is 0.800. The summed E-state index contributed by atoms with van der Waals surface area (Å²) in [5.74, 6) is -0.464. The van der Waals surface area contributed by atoms with Crippen molar-refractivity contribution in [3.05, 3.63) is 0 Å². The Morgan fingerprint density at radius 1 is 1.67 bits per heavy atom. The molecule has 4 heteroatoms. The molecule has 0 saturated heterocycles. The second-order valence-electron chi connectivity index (χ2n) is 2.45. The van der Waals surface area contributed by atoms with E-state index in [0.29, 0.717) is 12.8 Å². The number of hydrogen-bond acceptors (Lipinski definition) is 3. The number of hydroxylamine groups is 1. The van der Waals surface area contributed by atoms with E-state index in [9.17, 15) is 4.79 Å². The fourth-order valence-electron chi connectivity index (χ4n) is 0.896. The van der Waals surface area contributed by atoms with Crippen molar-refractivity contribution in [2.75, 3.05) is 0 Å². The summed E-state index contributed by atoms with van der Waals surface area (Å²) >= 11 is 0. The third-order valence-corrected chi connectivity index (χ3v) is 1.80. The molecule has 0 bridgehead atoms. The molecule has 1 aliphatic rings. The monoisotopic (exact) mass is 130 g/mol. The average Bonchev–Trinajstić information content (AvgIpc) is 1.81. The van der Waals surface area contributed by atoms with Crippen molar-refractivity contribution in [2.24, 2.45) is 5.73 Å². The number of rotatable bonds is 1. The summed E-state index contributed by atoms with van der Waals surface area (Å²) in [5, 5.41) is 8.16. The molecule has 0 aromatic rings. The van der Waals surface area contributed by atoms with Gasteiger partial charge in [0, 0.05) is 0 Å². The predicted octanol–water partition coefficient (Wildman–Crippen LogP) is -0.627. The van der Waals surface area contributed by atoms with Crippen LogP contribution < -0.4 is 11.2 Å². The lowest BCUT2D eigenvalue weighted by molar-refractivity contribution is -0.137. The molecule has 0 atom stereocenters. The van der Waals surface area contributed by atoms with E-state index in [2.05, 4.69) is 0 Å². The van der Waals surface area contributed by atoms with Crippen molar-refractivity contribution in [2.45, 2.75) is 24.8 Å². The molecule has 1 amide bonds. The van der Waals surface area contributed by atoms with Gasteiger partial charge in [-0.05, 0) is 19.3 Å². The van der Waals surface area contributed by atoms with Crippen LogP contribution in [0.3, 0.4) is 0 Å². The van der Waals surface area contributed by atoms with Crippen LogP contribution >= 0.6 is 0 Å². The maximum absolute atomic E-state index is 10.6. The lowest BCUT2D eigenvalue weighted by Crippen LogP contribution is -2.57. The van der Waals surface area contributed by atoms with Gasteiger partial charge in [0.15, 0.2) is 0 Å². The van der Waals surface area contributed by atoms with Gasteiger partial charge in [-0.25, -0.2) is 5.48 Å². The largest absolute Gasteiger partial charge is 0.317 e. The first-order chi connectivity index (χ1) is 4.19. The van der Waals surface area contributed by atoms with Gasteiger partial charge in [-0.2, -0.15) is 0 Å². The van der Waals surface area contributed by atoms with Crippen LogP contribution in [0.1, 0.15) is 19.3 Å². The summed E-state index contributed by atoms with van der Waals surface area (Å²) in [7, 11) is 0. The second-order valence-corrected chi connectivity index (χ2v) is 2.45. The van der Waals surface area contributed by atoms with E-state index in [1.54, 1.807) is 5.48 Å². The molecule has 0 aromatic carbocycles. The highest BCUT2D eigenvalue weighted by molar-refractivity contribution is 5.85. The Kier molecular flexibility index (Phi) is 1.42. The second kappa shape index (κ2) is 1.97. The lowest BCUT2D eigenvalue weighted by Gasteiger charge is -2.34. The van der Waals surface area contributed by atoms with Crippen LogP contribution in [0.2, 0.25) is 0 Å². The van der Waals surface area contributed by atoms with Crippen molar-refractivity contribution in [3.8, 4) is 0 Å². The van der Waals surface area contributed by atoms with E-state index in [-0.39, 0.29) is 0 Å². The van der Waals surface area contributed by atoms with Gasteiger partial charge in [0.05, 0.1) is 5.54 Å². The zero-order valence-electron chi connectivity index (χ0n) is 5.05. The molecular weight excluding hydrogens is 120 g/mol. The molecule has 0 aliphatic heterocycles. The van der Waals surface area contributed by atoms with Crippen LogP contribution in [-0.2, 0) is 4.79 Å². The molecule has 0 unspecified atom stereocenters. The molecule has 1 aliphatic carbocycles. The number of carbonyl (C=O) groups is 1. The molecule has 9 heavy (non-hydrogen) atoms. The molecule has 4 nitrogen and oxygen atoms in total. The van der Waals surface area contributed by atoms with Gasteiger partial charge in [0.25, 0.3) is 5.91 Å². The maximum atomic E-state index is 10.6. The van der Waals surface area contributed by atoms with Gasteiger partial charge >= 0.3 is 0 Å². The number of hydrogen-bond donors (Lipinski definition) is 3. The highest BCUT2D eigenvalue weighted by Crippen LogP contribution is 2.28. The molecule has 0 heterocycles. The number of amides is 1. The fourth-order valence-corrected chi connectivity index (χ4v) is 0.896. The topological polar surface area (TPSA) is 75.4 Å². The van der Waals surface area contributed by atoms with Gasteiger partial charge in [-0.15, -0.1) is 0 Å². The Labute approximate surface area is 53.0 Å².